The molecule has 2 aromatic carbocycles. The highest BCUT2D eigenvalue weighted by Gasteiger charge is 2.08. The molecule has 0 unspecified atom stereocenters. The predicted octanol–water partition coefficient (Wildman–Crippen LogP) is 3.67. The van der Waals surface area contributed by atoms with Crippen LogP contribution in [0.4, 0.5) is 5.69 Å². The molecule has 0 aliphatic carbocycles. The highest BCUT2D eigenvalue weighted by Crippen LogP contribution is 2.20. The second-order valence-corrected chi connectivity index (χ2v) is 5.02. The normalized spacial score (nSPS) is 10.6. The molecule has 0 saturated carbocycles. The van der Waals surface area contributed by atoms with E-state index < -0.39 is 10.8 Å². The molecule has 6 nitrogen and oxygen atoms in total. The van der Waals surface area contributed by atoms with Crippen LogP contribution in [-0.2, 0) is 0 Å². The Bertz CT molecular complexity index is 763. The summed E-state index contributed by atoms with van der Waals surface area (Å²) in [7, 11) is 0. The Kier molecular flexibility index (Phi) is 5.08. The largest absolute Gasteiger partial charge is 0.271 e. The zero-order valence-electron chi connectivity index (χ0n) is 11.0. The summed E-state index contributed by atoms with van der Waals surface area (Å²) in [4.78, 5) is 22.0. The number of nitrogens with zero attached hydrogens (tertiary/aromatic N) is 2. The zero-order chi connectivity index (χ0) is 16.1. The molecule has 0 atom stereocenters. The summed E-state index contributed by atoms with van der Waals surface area (Å²) < 4.78 is 0. The number of benzene rings is 2. The Morgan fingerprint density at radius 2 is 2.00 bits per heavy atom. The SMILES string of the molecule is O=C(N/N=C/c1cc([N+](=O)[O-])ccc1Cl)c1cccc(Cl)c1. The molecule has 1 N–H and O–H groups in total. The number of nitro groups is 1. The number of carbonyl (C=O) groups excluding carboxylic acids is 1. The quantitative estimate of drug-likeness (QED) is 0.524. The molecule has 0 bridgehead atoms. The van der Waals surface area contributed by atoms with Gasteiger partial charge in [0.2, 0.25) is 0 Å². The van der Waals surface area contributed by atoms with Gasteiger partial charge >= 0.3 is 0 Å². The van der Waals surface area contributed by atoms with Gasteiger partial charge in [0, 0.05) is 33.3 Å². The van der Waals surface area contributed by atoms with Crippen molar-refractivity contribution in [3.05, 3.63) is 73.8 Å². The Morgan fingerprint density at radius 3 is 2.68 bits per heavy atom. The number of rotatable bonds is 4. The molecule has 8 heteroatoms. The number of hydrogen-bond donors (Lipinski definition) is 1. The highest BCUT2D eigenvalue weighted by molar-refractivity contribution is 6.33. The number of hydrazone groups is 1. The molecule has 0 aliphatic heterocycles. The van der Waals surface area contributed by atoms with Crippen LogP contribution in [0.2, 0.25) is 10.0 Å². The molecule has 112 valence electrons. The van der Waals surface area contributed by atoms with E-state index in [4.69, 9.17) is 23.2 Å². The number of hydrogen-bond acceptors (Lipinski definition) is 4. The van der Waals surface area contributed by atoms with Gasteiger partial charge in [-0.15, -0.1) is 0 Å². The van der Waals surface area contributed by atoms with Gasteiger partial charge < -0.3 is 0 Å². The third kappa shape index (κ3) is 4.03. The van der Waals surface area contributed by atoms with Crippen molar-refractivity contribution in [3.63, 3.8) is 0 Å². The lowest BCUT2D eigenvalue weighted by molar-refractivity contribution is -0.384. The molecule has 1 amide bonds. The van der Waals surface area contributed by atoms with Gasteiger partial charge in [-0.05, 0) is 24.3 Å². The molecule has 0 radical (unpaired) electrons. The summed E-state index contributed by atoms with van der Waals surface area (Å²) in [6.45, 7) is 0. The first-order valence-corrected chi connectivity index (χ1v) is 6.76. The number of nitro benzene ring substituents is 1. The molecule has 2 aromatic rings. The molecule has 0 aliphatic rings. The van der Waals surface area contributed by atoms with Gasteiger partial charge in [-0.3, -0.25) is 14.9 Å². The van der Waals surface area contributed by atoms with E-state index in [-0.39, 0.29) is 10.7 Å². The van der Waals surface area contributed by atoms with Crippen molar-refractivity contribution in [2.24, 2.45) is 5.10 Å². The lowest BCUT2D eigenvalue weighted by Crippen LogP contribution is -2.17. The smallest absolute Gasteiger partial charge is 0.267 e. The van der Waals surface area contributed by atoms with Crippen molar-refractivity contribution < 1.29 is 9.72 Å². The second-order valence-electron chi connectivity index (χ2n) is 4.17. The van der Waals surface area contributed by atoms with E-state index in [9.17, 15) is 14.9 Å². The fraction of sp³-hybridized carbons (Fsp3) is 0. The van der Waals surface area contributed by atoms with Gasteiger partial charge in [-0.25, -0.2) is 5.43 Å². The van der Waals surface area contributed by atoms with E-state index in [0.717, 1.165) is 0 Å². The van der Waals surface area contributed by atoms with Crippen molar-refractivity contribution in [1.29, 1.82) is 0 Å². The Labute approximate surface area is 135 Å². The maximum atomic E-state index is 11.8. The summed E-state index contributed by atoms with van der Waals surface area (Å²) in [5, 5.41) is 15.1. The van der Waals surface area contributed by atoms with Crippen molar-refractivity contribution >= 4 is 41.0 Å². The summed E-state index contributed by atoms with van der Waals surface area (Å²) in [6.07, 6.45) is 1.23. The third-order valence-electron chi connectivity index (χ3n) is 2.65. The Morgan fingerprint density at radius 1 is 1.23 bits per heavy atom. The first kappa shape index (κ1) is 15.9. The van der Waals surface area contributed by atoms with Gasteiger partial charge in [0.25, 0.3) is 11.6 Å². The van der Waals surface area contributed by atoms with E-state index in [2.05, 4.69) is 10.5 Å². The van der Waals surface area contributed by atoms with Gasteiger partial charge in [-0.1, -0.05) is 29.3 Å². The minimum Gasteiger partial charge on any atom is -0.267 e. The molecular weight excluding hydrogens is 329 g/mol. The van der Waals surface area contributed by atoms with Gasteiger partial charge in [0.05, 0.1) is 11.1 Å². The Balaban J connectivity index is 2.11. The van der Waals surface area contributed by atoms with Gasteiger partial charge in [0.15, 0.2) is 0 Å². The molecule has 0 fully saturated rings. The summed E-state index contributed by atoms with van der Waals surface area (Å²) >= 11 is 11.7. The van der Waals surface area contributed by atoms with E-state index in [1.165, 1.54) is 30.5 Å². The molecule has 2 rings (SSSR count). The number of nitrogens with one attached hydrogen (secondary N) is 1. The number of halogens is 2. The third-order valence-corrected chi connectivity index (χ3v) is 3.23. The zero-order valence-corrected chi connectivity index (χ0v) is 12.5. The number of amides is 1. The van der Waals surface area contributed by atoms with Crippen LogP contribution in [0, 0.1) is 10.1 Å². The molecular formula is C14H9Cl2N3O3. The van der Waals surface area contributed by atoms with Crippen LogP contribution in [0.3, 0.4) is 0 Å². The van der Waals surface area contributed by atoms with Crippen molar-refractivity contribution in [2.75, 3.05) is 0 Å². The van der Waals surface area contributed by atoms with E-state index in [0.29, 0.717) is 16.1 Å². The van der Waals surface area contributed by atoms with Crippen LogP contribution in [-0.4, -0.2) is 17.0 Å². The fourth-order valence-corrected chi connectivity index (χ4v) is 1.95. The van der Waals surface area contributed by atoms with Crippen LogP contribution in [0.1, 0.15) is 15.9 Å². The lowest BCUT2D eigenvalue weighted by atomic mass is 10.2. The van der Waals surface area contributed by atoms with Crippen LogP contribution in [0.25, 0.3) is 0 Å². The van der Waals surface area contributed by atoms with E-state index in [1.54, 1.807) is 18.2 Å². The maximum Gasteiger partial charge on any atom is 0.271 e. The second kappa shape index (κ2) is 7.02. The van der Waals surface area contributed by atoms with Crippen molar-refractivity contribution in [2.45, 2.75) is 0 Å². The van der Waals surface area contributed by atoms with Crippen LogP contribution in [0.5, 0.6) is 0 Å². The first-order valence-electron chi connectivity index (χ1n) is 6.00. The average molecular weight is 338 g/mol. The molecule has 0 spiro atoms. The maximum absolute atomic E-state index is 11.8. The topological polar surface area (TPSA) is 84.6 Å². The fourth-order valence-electron chi connectivity index (χ4n) is 1.60. The number of non-ortho nitro benzene ring substituents is 1. The Hall–Kier alpha value is -2.44. The minimum absolute atomic E-state index is 0.119. The standard InChI is InChI=1S/C14H9Cl2N3O3/c15-11-3-1-2-9(6-11)14(20)18-17-8-10-7-12(19(21)22)4-5-13(10)16/h1-8H,(H,18,20)/b17-8+. The van der Waals surface area contributed by atoms with Crippen molar-refractivity contribution in [1.82, 2.24) is 5.43 Å². The van der Waals surface area contributed by atoms with E-state index >= 15 is 0 Å². The summed E-state index contributed by atoms with van der Waals surface area (Å²) in [5.41, 5.74) is 2.84. The van der Waals surface area contributed by atoms with E-state index in [1.807, 2.05) is 0 Å². The van der Waals surface area contributed by atoms with Gasteiger partial charge in [0.1, 0.15) is 0 Å². The molecule has 0 saturated heterocycles. The summed E-state index contributed by atoms with van der Waals surface area (Å²) in [5.74, 6) is -0.458. The number of carbonyl (C=O) groups is 1. The molecule has 22 heavy (non-hydrogen) atoms. The lowest BCUT2D eigenvalue weighted by Gasteiger charge is -2.01. The van der Waals surface area contributed by atoms with Crippen LogP contribution >= 0.6 is 23.2 Å². The van der Waals surface area contributed by atoms with Crippen LogP contribution < -0.4 is 5.43 Å². The average Bonchev–Trinajstić information content (AvgIpc) is 2.48. The molecule has 0 heterocycles. The van der Waals surface area contributed by atoms with Crippen molar-refractivity contribution in [3.8, 4) is 0 Å². The first-order chi connectivity index (χ1) is 10.5. The minimum atomic E-state index is -0.543. The van der Waals surface area contributed by atoms with Crippen LogP contribution in [0.15, 0.2) is 47.6 Å². The predicted molar refractivity (Wildman–Crippen MR) is 84.6 cm³/mol. The summed E-state index contributed by atoms with van der Waals surface area (Å²) in [6, 6.07) is 10.3. The highest BCUT2D eigenvalue weighted by atomic mass is 35.5. The monoisotopic (exact) mass is 337 g/mol. The van der Waals surface area contributed by atoms with Gasteiger partial charge in [-0.2, -0.15) is 5.10 Å². The molecule has 0 aromatic heterocycles.